The second-order valence-corrected chi connectivity index (χ2v) is 5.30. The monoisotopic (exact) mass is 324 g/mol. The summed E-state index contributed by atoms with van der Waals surface area (Å²) < 4.78 is 31.1. The van der Waals surface area contributed by atoms with Crippen LogP contribution in [-0.2, 0) is 4.74 Å². The first-order valence-corrected chi connectivity index (χ1v) is 7.32. The number of benzene rings is 3. The van der Waals surface area contributed by atoms with Gasteiger partial charge in [-0.05, 0) is 64.7 Å². The fraction of sp³-hybridized carbons (Fsp3) is 0.0500. The van der Waals surface area contributed by atoms with Crippen molar-refractivity contribution in [2.45, 2.75) is 0 Å². The average molecular weight is 324 g/mol. The van der Waals surface area contributed by atoms with Crippen LogP contribution in [-0.4, -0.2) is 13.1 Å². The predicted octanol–water partition coefficient (Wildman–Crippen LogP) is 5.09. The molecule has 0 unspecified atom stereocenters. The first kappa shape index (κ1) is 15.9. The number of hydrogen-bond donors (Lipinski definition) is 0. The molecule has 3 rings (SSSR count). The smallest absolute Gasteiger partial charge is 0.337 e. The quantitative estimate of drug-likeness (QED) is 0.628. The van der Waals surface area contributed by atoms with Crippen molar-refractivity contribution in [2.24, 2.45) is 0 Å². The van der Waals surface area contributed by atoms with E-state index in [1.807, 2.05) is 6.07 Å². The number of ether oxygens (including phenoxy) is 1. The number of carbonyl (C=O) groups excluding carboxylic acids is 1. The van der Waals surface area contributed by atoms with Crippen LogP contribution < -0.4 is 0 Å². The van der Waals surface area contributed by atoms with Gasteiger partial charge in [-0.15, -0.1) is 0 Å². The molecule has 3 aromatic carbocycles. The third kappa shape index (κ3) is 3.33. The van der Waals surface area contributed by atoms with E-state index in [1.165, 1.54) is 31.4 Å². The third-order valence-electron chi connectivity index (χ3n) is 3.71. The van der Waals surface area contributed by atoms with Gasteiger partial charge in [-0.3, -0.25) is 0 Å². The van der Waals surface area contributed by atoms with Gasteiger partial charge >= 0.3 is 5.97 Å². The van der Waals surface area contributed by atoms with Crippen LogP contribution in [0.15, 0.2) is 66.7 Å². The summed E-state index contributed by atoms with van der Waals surface area (Å²) in [6.45, 7) is 0. The third-order valence-corrected chi connectivity index (χ3v) is 3.71. The van der Waals surface area contributed by atoms with Gasteiger partial charge in [-0.25, -0.2) is 13.6 Å². The van der Waals surface area contributed by atoms with Crippen LogP contribution in [0.3, 0.4) is 0 Å². The van der Waals surface area contributed by atoms with E-state index in [0.717, 1.165) is 22.3 Å². The van der Waals surface area contributed by atoms with Crippen LogP contribution in [0.1, 0.15) is 10.4 Å². The van der Waals surface area contributed by atoms with Gasteiger partial charge in [0.2, 0.25) is 0 Å². The molecule has 0 N–H and O–H groups in total. The van der Waals surface area contributed by atoms with E-state index in [0.29, 0.717) is 5.56 Å². The minimum Gasteiger partial charge on any atom is -0.465 e. The lowest BCUT2D eigenvalue weighted by Crippen LogP contribution is -2.02. The summed E-state index contributed by atoms with van der Waals surface area (Å²) in [7, 11) is 1.31. The van der Waals surface area contributed by atoms with Crippen LogP contribution in [0.2, 0.25) is 0 Å². The van der Waals surface area contributed by atoms with Gasteiger partial charge in [-0.2, -0.15) is 0 Å². The normalized spacial score (nSPS) is 10.5. The maximum Gasteiger partial charge on any atom is 0.337 e. The molecule has 0 aliphatic heterocycles. The first-order valence-electron chi connectivity index (χ1n) is 7.32. The highest BCUT2D eigenvalue weighted by Crippen LogP contribution is 2.29. The van der Waals surface area contributed by atoms with Crippen molar-refractivity contribution in [2.75, 3.05) is 7.11 Å². The summed E-state index contributed by atoms with van der Waals surface area (Å²) in [5.41, 5.74) is 3.41. The number of carbonyl (C=O) groups is 1. The standard InChI is InChI=1S/C20H14F2O2/c1-24-20(23)17-11-15(13-2-6-18(21)7-3-13)10-16(12-17)14-4-8-19(22)9-5-14/h2-12H,1H3. The van der Waals surface area contributed by atoms with Crippen molar-refractivity contribution >= 4 is 5.97 Å². The van der Waals surface area contributed by atoms with Gasteiger partial charge in [0.25, 0.3) is 0 Å². The molecular weight excluding hydrogens is 310 g/mol. The minimum atomic E-state index is -0.470. The van der Waals surface area contributed by atoms with E-state index in [4.69, 9.17) is 4.74 Å². The van der Waals surface area contributed by atoms with Crippen LogP contribution in [0.25, 0.3) is 22.3 Å². The average Bonchev–Trinajstić information content (AvgIpc) is 2.62. The van der Waals surface area contributed by atoms with Gasteiger partial charge in [0.05, 0.1) is 12.7 Å². The van der Waals surface area contributed by atoms with Crippen molar-refractivity contribution in [3.63, 3.8) is 0 Å². The van der Waals surface area contributed by atoms with E-state index in [-0.39, 0.29) is 11.6 Å². The Balaban J connectivity index is 2.14. The van der Waals surface area contributed by atoms with Gasteiger partial charge in [0.15, 0.2) is 0 Å². The van der Waals surface area contributed by atoms with E-state index in [2.05, 4.69) is 0 Å². The number of methoxy groups -OCH3 is 1. The number of hydrogen-bond acceptors (Lipinski definition) is 2. The SMILES string of the molecule is COC(=O)c1cc(-c2ccc(F)cc2)cc(-c2ccc(F)cc2)c1. The van der Waals surface area contributed by atoms with Crippen molar-refractivity contribution in [1.29, 1.82) is 0 Å². The summed E-state index contributed by atoms with van der Waals surface area (Å²) in [4.78, 5) is 11.9. The number of esters is 1. The highest BCUT2D eigenvalue weighted by Gasteiger charge is 2.11. The van der Waals surface area contributed by atoms with Crippen molar-refractivity contribution in [3.8, 4) is 22.3 Å². The lowest BCUT2D eigenvalue weighted by molar-refractivity contribution is 0.0601. The molecule has 120 valence electrons. The van der Waals surface area contributed by atoms with Crippen LogP contribution in [0.5, 0.6) is 0 Å². The Hall–Kier alpha value is -3.01. The van der Waals surface area contributed by atoms with E-state index in [9.17, 15) is 13.6 Å². The molecule has 0 amide bonds. The summed E-state index contributed by atoms with van der Waals surface area (Å²) in [5, 5.41) is 0. The predicted molar refractivity (Wildman–Crippen MR) is 88.6 cm³/mol. The fourth-order valence-electron chi connectivity index (χ4n) is 2.48. The summed E-state index contributed by atoms with van der Waals surface area (Å²) in [5.74, 6) is -1.13. The van der Waals surface area contributed by atoms with Gasteiger partial charge in [-0.1, -0.05) is 24.3 Å². The molecule has 0 radical (unpaired) electrons. The Morgan fingerprint density at radius 2 is 1.12 bits per heavy atom. The molecule has 0 aliphatic rings. The molecule has 0 saturated carbocycles. The fourth-order valence-corrected chi connectivity index (χ4v) is 2.48. The van der Waals surface area contributed by atoms with Gasteiger partial charge < -0.3 is 4.74 Å². The molecule has 0 saturated heterocycles. The second kappa shape index (κ2) is 6.62. The van der Waals surface area contributed by atoms with E-state index in [1.54, 1.807) is 36.4 Å². The Morgan fingerprint density at radius 3 is 1.50 bits per heavy atom. The minimum absolute atomic E-state index is 0.332. The van der Waals surface area contributed by atoms with Crippen LogP contribution in [0, 0.1) is 11.6 Å². The maximum atomic E-state index is 13.1. The number of halogens is 2. The molecule has 3 aromatic rings. The van der Waals surface area contributed by atoms with Gasteiger partial charge in [0, 0.05) is 0 Å². The molecular formula is C20H14F2O2. The Bertz CT molecular complexity index is 805. The highest BCUT2D eigenvalue weighted by molar-refractivity contribution is 5.93. The lowest BCUT2D eigenvalue weighted by Gasteiger charge is -2.10. The molecule has 0 atom stereocenters. The zero-order valence-electron chi connectivity index (χ0n) is 12.9. The highest BCUT2D eigenvalue weighted by atomic mass is 19.1. The van der Waals surface area contributed by atoms with Crippen molar-refractivity contribution in [1.82, 2.24) is 0 Å². The molecule has 2 nitrogen and oxygen atoms in total. The molecule has 0 aromatic heterocycles. The summed E-state index contributed by atoms with van der Waals surface area (Å²) >= 11 is 0. The van der Waals surface area contributed by atoms with E-state index < -0.39 is 5.97 Å². The molecule has 0 spiro atoms. The first-order chi connectivity index (χ1) is 11.6. The van der Waals surface area contributed by atoms with Crippen LogP contribution in [0.4, 0.5) is 8.78 Å². The summed E-state index contributed by atoms with van der Waals surface area (Å²) in [6.07, 6.45) is 0. The largest absolute Gasteiger partial charge is 0.465 e. The zero-order valence-corrected chi connectivity index (χ0v) is 12.9. The van der Waals surface area contributed by atoms with Gasteiger partial charge in [0.1, 0.15) is 11.6 Å². The van der Waals surface area contributed by atoms with Crippen molar-refractivity contribution in [3.05, 3.63) is 83.9 Å². The number of rotatable bonds is 3. The Kier molecular flexibility index (Phi) is 4.38. The zero-order chi connectivity index (χ0) is 17.1. The molecule has 0 heterocycles. The molecule has 24 heavy (non-hydrogen) atoms. The van der Waals surface area contributed by atoms with Crippen LogP contribution >= 0.6 is 0 Å². The molecule has 0 fully saturated rings. The summed E-state index contributed by atoms with van der Waals surface area (Å²) in [6, 6.07) is 17.2. The second-order valence-electron chi connectivity index (χ2n) is 5.30. The van der Waals surface area contributed by atoms with E-state index >= 15 is 0 Å². The lowest BCUT2D eigenvalue weighted by atomic mass is 9.96. The molecule has 0 aliphatic carbocycles. The molecule has 0 bridgehead atoms. The Labute approximate surface area is 138 Å². The maximum absolute atomic E-state index is 13.1. The Morgan fingerprint density at radius 1 is 0.708 bits per heavy atom. The van der Waals surface area contributed by atoms with Crippen molar-refractivity contribution < 1.29 is 18.3 Å². The molecule has 4 heteroatoms. The topological polar surface area (TPSA) is 26.3 Å².